The summed E-state index contributed by atoms with van der Waals surface area (Å²) in [6, 6.07) is 13.5. The first kappa shape index (κ1) is 41.2. The molecule has 0 radical (unpaired) electrons. The Morgan fingerprint density at radius 3 is 2.13 bits per heavy atom. The van der Waals surface area contributed by atoms with E-state index in [1.54, 1.807) is 42.9 Å². The van der Waals surface area contributed by atoms with Crippen molar-refractivity contribution in [1.29, 1.82) is 0 Å². The van der Waals surface area contributed by atoms with Crippen LogP contribution >= 0.6 is 0 Å². The fourth-order valence-electron chi connectivity index (χ4n) is 8.08. The third-order valence-electron chi connectivity index (χ3n) is 11.1. The second-order valence-corrected chi connectivity index (χ2v) is 14.8. The van der Waals surface area contributed by atoms with Crippen molar-refractivity contribution >= 4 is 22.5 Å². The van der Waals surface area contributed by atoms with Crippen LogP contribution in [-0.4, -0.2) is 68.0 Å². The Kier molecular flexibility index (Phi) is 14.6. The summed E-state index contributed by atoms with van der Waals surface area (Å²) < 4.78 is 49.3. The van der Waals surface area contributed by atoms with Crippen molar-refractivity contribution < 1.29 is 49.3 Å². The van der Waals surface area contributed by atoms with Crippen molar-refractivity contribution in [3.63, 3.8) is 0 Å². The van der Waals surface area contributed by atoms with E-state index in [9.17, 15) is 18.4 Å². The molecule has 292 valence electrons. The Hall–Kier alpha value is -3.96. The molecule has 0 spiro atoms. The highest BCUT2D eigenvalue weighted by atomic mass is 79.9. The molecule has 54 heavy (non-hydrogen) atoms. The Bertz CT molecular complexity index is 1910. The lowest BCUT2D eigenvalue weighted by Gasteiger charge is -2.49. The van der Waals surface area contributed by atoms with Crippen LogP contribution in [0.5, 0.6) is 17.2 Å². The summed E-state index contributed by atoms with van der Waals surface area (Å²) in [6.45, 7) is 10.4. The number of unbranched alkanes of at least 4 members (excludes halogenated alkanes) is 5. The van der Waals surface area contributed by atoms with E-state index in [4.69, 9.17) is 14.2 Å². The molecule has 1 aromatic heterocycles. The van der Waals surface area contributed by atoms with Gasteiger partial charge in [0.1, 0.15) is 34.4 Å². The summed E-state index contributed by atoms with van der Waals surface area (Å²) in [5, 5.41) is 0.294. The first-order chi connectivity index (χ1) is 25.7. The fourth-order valence-corrected chi connectivity index (χ4v) is 8.08. The highest BCUT2D eigenvalue weighted by Gasteiger charge is 2.38. The number of methoxy groups -OCH3 is 1. The number of halogens is 3. The van der Waals surface area contributed by atoms with Gasteiger partial charge in [0.25, 0.3) is 5.91 Å². The molecule has 3 aromatic carbocycles. The predicted molar refractivity (Wildman–Crippen MR) is 206 cm³/mol. The molecule has 3 fully saturated rings. The fraction of sp³-hybridized carbons (Fsp3) is 0.488. The zero-order chi connectivity index (χ0) is 37.4. The normalized spacial score (nSPS) is 17.6. The van der Waals surface area contributed by atoms with Gasteiger partial charge < -0.3 is 45.1 Å². The number of benzene rings is 3. The molecule has 0 atom stereocenters. The molecule has 3 aliphatic rings. The standard InChI is InChI=1S/C43H54F2N3O5.BrH/c1-4-21-52-38-27-35(26-37(28-38)51-3)47-30-40(43(50)46(5-2)34-24-32(44)23-33(45)25-34)42(49)39-13-12-36(29-41(39)47)53-22-11-9-7-6-8-10-17-48-18-14-31(15-19-48)16-20-48;/h12-13,23-31H,4-11,14-22H2,1-3H3;1H/q+1;/p-1. The van der Waals surface area contributed by atoms with E-state index in [2.05, 4.69) is 0 Å². The van der Waals surface area contributed by atoms with Gasteiger partial charge in [-0.1, -0.05) is 26.2 Å². The monoisotopic (exact) mass is 809 g/mol. The molecule has 0 aliphatic carbocycles. The molecule has 8 nitrogen and oxygen atoms in total. The third-order valence-corrected chi connectivity index (χ3v) is 11.1. The summed E-state index contributed by atoms with van der Waals surface area (Å²) in [5.74, 6) is 0.405. The second kappa shape index (κ2) is 19.1. The van der Waals surface area contributed by atoms with Crippen LogP contribution in [0.15, 0.2) is 65.6 Å². The van der Waals surface area contributed by atoms with Gasteiger partial charge in [0.15, 0.2) is 0 Å². The molecular weight excluding hydrogens is 756 g/mol. The lowest BCUT2D eigenvalue weighted by Crippen LogP contribution is -3.00. The number of anilines is 1. The number of rotatable bonds is 18. The molecule has 0 unspecified atom stereocenters. The highest BCUT2D eigenvalue weighted by molar-refractivity contribution is 6.07. The van der Waals surface area contributed by atoms with E-state index >= 15 is 0 Å². The highest BCUT2D eigenvalue weighted by Crippen LogP contribution is 2.34. The molecule has 2 bridgehead atoms. The molecule has 3 saturated heterocycles. The number of piperidine rings is 3. The number of amides is 1. The zero-order valence-corrected chi connectivity index (χ0v) is 33.5. The molecular formula is C43H54BrF2N3O5. The quantitative estimate of drug-likeness (QED) is 0.0901. The summed E-state index contributed by atoms with van der Waals surface area (Å²) in [5.41, 5.74) is 0.500. The minimum absolute atomic E-state index is 0. The molecule has 1 amide bonds. The van der Waals surface area contributed by atoms with Gasteiger partial charge in [0, 0.05) is 54.1 Å². The molecule has 0 saturated carbocycles. The van der Waals surface area contributed by atoms with E-state index in [1.165, 1.54) is 86.7 Å². The van der Waals surface area contributed by atoms with E-state index in [1.807, 2.05) is 19.1 Å². The largest absolute Gasteiger partial charge is 1.00 e. The van der Waals surface area contributed by atoms with Crippen LogP contribution in [0.3, 0.4) is 0 Å². The SMILES string of the molecule is CCCOc1cc(OC)cc(-n2cc(C(=O)N(CC)c3cc(F)cc(F)c3)c(=O)c3ccc(OCCCCCCCC[N+]45CCC(CC4)CC5)cc32)c1.[Br-]. The first-order valence-corrected chi connectivity index (χ1v) is 19.5. The topological polar surface area (TPSA) is 70.0 Å². The Labute approximate surface area is 328 Å². The van der Waals surface area contributed by atoms with Gasteiger partial charge in [0.2, 0.25) is 5.43 Å². The first-order valence-electron chi connectivity index (χ1n) is 19.5. The lowest BCUT2D eigenvalue weighted by atomic mass is 9.85. The molecule has 4 aromatic rings. The minimum Gasteiger partial charge on any atom is -1.00 e. The van der Waals surface area contributed by atoms with E-state index in [0.717, 1.165) is 43.4 Å². The number of pyridine rings is 1. The zero-order valence-electron chi connectivity index (χ0n) is 31.9. The number of carbonyl (C=O) groups is 1. The van der Waals surface area contributed by atoms with Crippen molar-refractivity contribution in [3.05, 3.63) is 88.2 Å². The molecule has 4 heterocycles. The molecule has 11 heteroatoms. The Balaban J connectivity index is 0.00000561. The van der Waals surface area contributed by atoms with Gasteiger partial charge in [-0.2, -0.15) is 0 Å². The van der Waals surface area contributed by atoms with E-state index < -0.39 is 23.0 Å². The maximum atomic E-state index is 14.2. The molecule has 7 rings (SSSR count). The number of fused-ring (bicyclic) bond motifs is 4. The average Bonchev–Trinajstić information content (AvgIpc) is 3.17. The van der Waals surface area contributed by atoms with E-state index in [0.29, 0.717) is 47.1 Å². The van der Waals surface area contributed by atoms with Crippen LogP contribution < -0.4 is 41.5 Å². The maximum absolute atomic E-state index is 14.2. The number of hydrogen-bond acceptors (Lipinski definition) is 5. The smallest absolute Gasteiger partial charge is 0.263 e. The van der Waals surface area contributed by atoms with Gasteiger partial charge in [-0.15, -0.1) is 0 Å². The van der Waals surface area contributed by atoms with Crippen molar-refractivity contribution in [2.45, 2.75) is 78.1 Å². The lowest BCUT2D eigenvalue weighted by molar-refractivity contribution is -0.942. The number of carbonyl (C=O) groups excluding carboxylic acids is 1. The Morgan fingerprint density at radius 2 is 1.46 bits per heavy atom. The number of ether oxygens (including phenoxy) is 3. The molecule has 3 aliphatic heterocycles. The van der Waals surface area contributed by atoms with Gasteiger partial charge in [-0.05, 0) is 82.1 Å². The summed E-state index contributed by atoms with van der Waals surface area (Å²) in [4.78, 5) is 29.2. The molecule has 0 N–H and O–H groups in total. The van der Waals surface area contributed by atoms with Gasteiger partial charge in [0.05, 0.1) is 57.7 Å². The number of aromatic nitrogens is 1. The minimum atomic E-state index is -0.818. The van der Waals surface area contributed by atoms with Crippen LogP contribution in [0.4, 0.5) is 14.5 Å². The van der Waals surface area contributed by atoms with Gasteiger partial charge in [-0.25, -0.2) is 8.78 Å². The third kappa shape index (κ3) is 9.82. The average molecular weight is 811 g/mol. The second-order valence-electron chi connectivity index (χ2n) is 14.8. The van der Waals surface area contributed by atoms with Crippen molar-refractivity contribution in [1.82, 2.24) is 4.57 Å². The van der Waals surface area contributed by atoms with Crippen molar-refractivity contribution in [3.8, 4) is 22.9 Å². The van der Waals surface area contributed by atoms with Crippen LogP contribution in [0.1, 0.15) is 88.4 Å². The van der Waals surface area contributed by atoms with Crippen LogP contribution in [0.2, 0.25) is 0 Å². The van der Waals surface area contributed by atoms with Crippen LogP contribution in [0.25, 0.3) is 16.6 Å². The van der Waals surface area contributed by atoms with Crippen LogP contribution in [0, 0.1) is 17.6 Å². The Morgan fingerprint density at radius 1 is 0.815 bits per heavy atom. The summed E-state index contributed by atoms with van der Waals surface area (Å²) in [7, 11) is 1.56. The van der Waals surface area contributed by atoms with Crippen LogP contribution in [-0.2, 0) is 0 Å². The summed E-state index contributed by atoms with van der Waals surface area (Å²) in [6.07, 6.45) is 13.7. The van der Waals surface area contributed by atoms with Crippen molar-refractivity contribution in [2.24, 2.45) is 5.92 Å². The summed E-state index contributed by atoms with van der Waals surface area (Å²) >= 11 is 0. The number of nitrogens with zero attached hydrogens (tertiary/aromatic N) is 3. The van der Waals surface area contributed by atoms with Gasteiger partial charge in [-0.3, -0.25) is 9.59 Å². The van der Waals surface area contributed by atoms with Crippen molar-refractivity contribution in [2.75, 3.05) is 57.9 Å². The van der Waals surface area contributed by atoms with E-state index in [-0.39, 0.29) is 34.8 Å². The predicted octanol–water partition coefficient (Wildman–Crippen LogP) is 6.09. The number of hydrogen-bond donors (Lipinski definition) is 0. The van der Waals surface area contributed by atoms with Gasteiger partial charge >= 0.3 is 0 Å². The maximum Gasteiger partial charge on any atom is 0.263 e. The number of quaternary nitrogens is 1.